The molecule has 2 aromatic carbocycles. The zero-order chi connectivity index (χ0) is 25.2. The molecular formula is C26H29F4NO3. The summed E-state index contributed by atoms with van der Waals surface area (Å²) in [6, 6.07) is 10.8. The van der Waals surface area contributed by atoms with Crippen molar-refractivity contribution in [3.8, 4) is 11.4 Å². The molecule has 0 bridgehead atoms. The van der Waals surface area contributed by atoms with Crippen LogP contribution in [0.2, 0.25) is 0 Å². The topological polar surface area (TPSA) is 51.5 Å². The first-order valence-electron chi connectivity index (χ1n) is 11.0. The standard InChI is InChI=1S/C25H27F2NO3.CH2F2/c1-14(2)23-21(16-11-25(12-16,13-26)24(29)30)22-19(6-5-7-20(22)31-4)28(23)17-8-9-18(27)15(3)10-17;2-1-3/h5-10,14,16H,11-13H2,1-4H3,(H,29,30);1H2. The van der Waals surface area contributed by atoms with Gasteiger partial charge in [-0.15, -0.1) is 0 Å². The van der Waals surface area contributed by atoms with Gasteiger partial charge in [-0.05, 0) is 73.1 Å². The molecule has 0 unspecified atom stereocenters. The molecule has 1 N–H and O–H groups in total. The third-order valence-electron chi connectivity index (χ3n) is 6.59. The maximum Gasteiger partial charge on any atom is 0.312 e. The van der Waals surface area contributed by atoms with E-state index in [2.05, 4.69) is 18.4 Å². The minimum atomic E-state index is -1.75. The van der Waals surface area contributed by atoms with Crippen LogP contribution in [0.3, 0.4) is 0 Å². The van der Waals surface area contributed by atoms with E-state index in [0.717, 1.165) is 27.8 Å². The Morgan fingerprint density at radius 1 is 1.21 bits per heavy atom. The summed E-state index contributed by atoms with van der Waals surface area (Å²) in [5, 5.41) is 10.5. The molecule has 8 heteroatoms. The number of carboxylic acids is 1. The number of methoxy groups -OCH3 is 1. The fourth-order valence-electron chi connectivity index (χ4n) is 4.98. The number of hydrogen-bond acceptors (Lipinski definition) is 2. The minimum Gasteiger partial charge on any atom is -0.496 e. The van der Waals surface area contributed by atoms with E-state index >= 15 is 0 Å². The van der Waals surface area contributed by atoms with Gasteiger partial charge in [-0.1, -0.05) is 19.9 Å². The van der Waals surface area contributed by atoms with Gasteiger partial charge in [0.15, 0.2) is 0 Å². The summed E-state index contributed by atoms with van der Waals surface area (Å²) in [4.78, 5) is 11.7. The van der Waals surface area contributed by atoms with Crippen LogP contribution >= 0.6 is 0 Å². The first-order valence-corrected chi connectivity index (χ1v) is 11.0. The third-order valence-corrected chi connectivity index (χ3v) is 6.59. The highest BCUT2D eigenvalue weighted by atomic mass is 19.3. The Morgan fingerprint density at radius 3 is 2.35 bits per heavy atom. The number of halogens is 4. The van der Waals surface area contributed by atoms with Gasteiger partial charge >= 0.3 is 5.97 Å². The van der Waals surface area contributed by atoms with E-state index in [1.165, 1.54) is 6.07 Å². The molecule has 1 aliphatic rings. The van der Waals surface area contributed by atoms with Crippen LogP contribution in [0.25, 0.3) is 16.6 Å². The molecule has 0 atom stereocenters. The zero-order valence-electron chi connectivity index (χ0n) is 19.7. The van der Waals surface area contributed by atoms with Crippen LogP contribution in [0.4, 0.5) is 17.6 Å². The van der Waals surface area contributed by atoms with Crippen LogP contribution < -0.4 is 4.74 Å². The van der Waals surface area contributed by atoms with Crippen molar-refractivity contribution in [2.24, 2.45) is 5.41 Å². The van der Waals surface area contributed by atoms with Crippen molar-refractivity contribution in [2.75, 3.05) is 20.7 Å². The van der Waals surface area contributed by atoms with Crippen LogP contribution in [0.1, 0.15) is 55.3 Å². The Balaban J connectivity index is 0.00000103. The largest absolute Gasteiger partial charge is 0.496 e. The van der Waals surface area contributed by atoms with E-state index < -0.39 is 25.0 Å². The molecule has 0 aliphatic heterocycles. The summed E-state index contributed by atoms with van der Waals surface area (Å²) >= 11 is 0. The average molecular weight is 480 g/mol. The second-order valence-electron chi connectivity index (χ2n) is 9.00. The molecule has 184 valence electrons. The highest BCUT2D eigenvalue weighted by molar-refractivity contribution is 5.94. The Morgan fingerprint density at radius 2 is 1.85 bits per heavy atom. The molecule has 1 fully saturated rings. The highest BCUT2D eigenvalue weighted by Gasteiger charge is 2.52. The van der Waals surface area contributed by atoms with E-state index in [1.807, 2.05) is 24.3 Å². The number of alkyl halides is 3. The summed E-state index contributed by atoms with van der Waals surface area (Å²) in [5.74, 6) is -0.645. The summed E-state index contributed by atoms with van der Waals surface area (Å²) in [6.45, 7) is 3.27. The number of aromatic nitrogens is 1. The number of aryl methyl sites for hydroxylation is 1. The summed E-state index contributed by atoms with van der Waals surface area (Å²) in [6.07, 6.45) is 0.496. The number of carboxylic acid groups (broad SMARTS) is 1. The van der Waals surface area contributed by atoms with Crippen molar-refractivity contribution in [3.05, 3.63) is 59.0 Å². The second kappa shape index (κ2) is 10.1. The molecule has 0 spiro atoms. The molecular weight excluding hydrogens is 450 g/mol. The van der Waals surface area contributed by atoms with Crippen LogP contribution in [-0.2, 0) is 4.79 Å². The maximum absolute atomic E-state index is 14.0. The monoisotopic (exact) mass is 479 g/mol. The Bertz CT molecular complexity index is 1180. The van der Waals surface area contributed by atoms with Crippen molar-refractivity contribution >= 4 is 16.9 Å². The molecule has 1 saturated carbocycles. The molecule has 4 rings (SSSR count). The lowest BCUT2D eigenvalue weighted by atomic mass is 9.60. The number of hydrogen-bond donors (Lipinski definition) is 1. The van der Waals surface area contributed by atoms with E-state index in [1.54, 1.807) is 20.1 Å². The van der Waals surface area contributed by atoms with E-state index in [4.69, 9.17) is 4.74 Å². The molecule has 0 radical (unpaired) electrons. The highest BCUT2D eigenvalue weighted by Crippen LogP contribution is 2.56. The molecule has 1 aliphatic carbocycles. The quantitative estimate of drug-likeness (QED) is 0.387. The fourth-order valence-corrected chi connectivity index (χ4v) is 4.98. The maximum atomic E-state index is 14.0. The van der Waals surface area contributed by atoms with Crippen LogP contribution in [-0.4, -0.2) is 36.4 Å². The number of ether oxygens (including phenoxy) is 1. The van der Waals surface area contributed by atoms with Gasteiger partial charge in [0.05, 0.1) is 18.0 Å². The summed E-state index contributed by atoms with van der Waals surface area (Å²) < 4.78 is 54.7. The molecule has 1 aromatic heterocycles. The molecule has 34 heavy (non-hydrogen) atoms. The van der Waals surface area contributed by atoms with E-state index in [9.17, 15) is 27.5 Å². The van der Waals surface area contributed by atoms with Gasteiger partial charge in [0.25, 0.3) is 0 Å². The Kier molecular flexibility index (Phi) is 7.58. The SMILES string of the molecule is COc1cccc2c1c(C1CC(CF)(C(=O)O)C1)c(C(C)C)n2-c1ccc(F)c(C)c1.FCF. The molecule has 0 amide bonds. The fraction of sp³-hybridized carbons (Fsp3) is 0.423. The normalized spacial score (nSPS) is 19.5. The number of benzene rings is 2. The molecule has 1 heterocycles. The van der Waals surface area contributed by atoms with Crippen LogP contribution in [0.15, 0.2) is 36.4 Å². The Labute approximate surface area is 196 Å². The molecule has 0 saturated heterocycles. The molecule has 4 nitrogen and oxygen atoms in total. The number of rotatable bonds is 6. The van der Waals surface area contributed by atoms with Gasteiger partial charge in [0, 0.05) is 16.8 Å². The van der Waals surface area contributed by atoms with Crippen molar-refractivity contribution in [3.63, 3.8) is 0 Å². The van der Waals surface area contributed by atoms with E-state index in [-0.39, 0.29) is 30.5 Å². The lowest BCUT2D eigenvalue weighted by Crippen LogP contribution is -2.44. The van der Waals surface area contributed by atoms with Gasteiger partial charge in [0.2, 0.25) is 6.93 Å². The summed E-state index contributed by atoms with van der Waals surface area (Å²) in [5.41, 5.74) is 3.01. The van der Waals surface area contributed by atoms with Gasteiger partial charge < -0.3 is 14.4 Å². The minimum absolute atomic E-state index is 0.0918. The van der Waals surface area contributed by atoms with Gasteiger partial charge in [-0.3, -0.25) is 4.79 Å². The van der Waals surface area contributed by atoms with Gasteiger partial charge in [0.1, 0.15) is 18.2 Å². The van der Waals surface area contributed by atoms with Crippen LogP contribution in [0, 0.1) is 18.2 Å². The van der Waals surface area contributed by atoms with Gasteiger partial charge in [-0.2, -0.15) is 0 Å². The van der Waals surface area contributed by atoms with Crippen molar-refractivity contribution in [1.82, 2.24) is 4.57 Å². The zero-order valence-corrected chi connectivity index (χ0v) is 19.7. The predicted octanol–water partition coefficient (Wildman–Crippen LogP) is 7.01. The molecule has 3 aromatic rings. The first-order chi connectivity index (χ1) is 16.1. The van der Waals surface area contributed by atoms with Crippen molar-refractivity contribution in [2.45, 2.75) is 45.4 Å². The lowest BCUT2D eigenvalue weighted by Gasteiger charge is -2.43. The smallest absolute Gasteiger partial charge is 0.312 e. The van der Waals surface area contributed by atoms with E-state index in [0.29, 0.717) is 11.3 Å². The Hall–Kier alpha value is -3.03. The van der Waals surface area contributed by atoms with Crippen molar-refractivity contribution < 1.29 is 32.2 Å². The number of aliphatic carboxylic acids is 1. The average Bonchev–Trinajstić information content (AvgIpc) is 3.11. The third kappa shape index (κ3) is 4.26. The lowest BCUT2D eigenvalue weighted by molar-refractivity contribution is -0.157. The van der Waals surface area contributed by atoms with Gasteiger partial charge in [-0.25, -0.2) is 17.6 Å². The second-order valence-corrected chi connectivity index (χ2v) is 9.00. The number of fused-ring (bicyclic) bond motifs is 1. The number of carbonyl (C=O) groups is 1. The first kappa shape index (κ1) is 25.6. The summed E-state index contributed by atoms with van der Waals surface area (Å²) in [7, 11) is 1.61. The van der Waals surface area contributed by atoms with Crippen LogP contribution in [0.5, 0.6) is 5.75 Å². The van der Waals surface area contributed by atoms with Crippen molar-refractivity contribution in [1.29, 1.82) is 0 Å². The number of nitrogens with zero attached hydrogens (tertiary/aromatic N) is 1. The predicted molar refractivity (Wildman–Crippen MR) is 124 cm³/mol.